The highest BCUT2D eigenvalue weighted by Crippen LogP contribution is 2.19. The lowest BCUT2D eigenvalue weighted by Crippen LogP contribution is -2.47. The lowest BCUT2D eigenvalue weighted by Gasteiger charge is -2.36. The van der Waals surface area contributed by atoms with Crippen LogP contribution in [-0.4, -0.2) is 43.5 Å². The van der Waals surface area contributed by atoms with Crippen LogP contribution in [0.15, 0.2) is 84.9 Å². The van der Waals surface area contributed by atoms with Gasteiger partial charge in [0.1, 0.15) is 0 Å². The first-order valence-corrected chi connectivity index (χ1v) is 10.3. The molecule has 1 saturated heterocycles. The minimum atomic E-state index is -0.0606. The summed E-state index contributed by atoms with van der Waals surface area (Å²) in [4.78, 5) is 17.5. The molecule has 1 amide bonds. The number of amides is 1. The van der Waals surface area contributed by atoms with Crippen LogP contribution in [0.1, 0.15) is 15.9 Å². The van der Waals surface area contributed by atoms with Gasteiger partial charge in [-0.2, -0.15) is 0 Å². The lowest BCUT2D eigenvalue weighted by molar-refractivity contribution is 0.102. The molecule has 0 aromatic heterocycles. The maximum absolute atomic E-state index is 12.5. The zero-order valence-corrected chi connectivity index (χ0v) is 16.6. The number of nitrogens with zero attached hydrogens (tertiary/aromatic N) is 2. The predicted molar refractivity (Wildman–Crippen MR) is 120 cm³/mol. The van der Waals surface area contributed by atoms with Gasteiger partial charge in [-0.05, 0) is 42.3 Å². The maximum Gasteiger partial charge on any atom is 0.255 e. The third kappa shape index (κ3) is 5.04. The summed E-state index contributed by atoms with van der Waals surface area (Å²) in [6.07, 6.45) is 0.927. The molecule has 0 aliphatic carbocycles. The number of anilines is 2. The SMILES string of the molecule is O=C(Nc1ccccc1CCN1CCN(c2ccccc2)CC1)c1ccccc1. The highest BCUT2D eigenvalue weighted by Gasteiger charge is 2.17. The van der Waals surface area contributed by atoms with Gasteiger partial charge in [0.2, 0.25) is 0 Å². The molecule has 3 aromatic rings. The first-order chi connectivity index (χ1) is 14.3. The summed E-state index contributed by atoms with van der Waals surface area (Å²) in [5.41, 5.74) is 4.08. The zero-order valence-electron chi connectivity index (χ0n) is 16.6. The van der Waals surface area contributed by atoms with Crippen LogP contribution in [0.2, 0.25) is 0 Å². The fourth-order valence-corrected chi connectivity index (χ4v) is 3.79. The van der Waals surface area contributed by atoms with Crippen molar-refractivity contribution >= 4 is 17.3 Å². The second-order valence-corrected chi connectivity index (χ2v) is 7.39. The van der Waals surface area contributed by atoms with Gasteiger partial charge in [0.25, 0.3) is 5.91 Å². The van der Waals surface area contributed by atoms with Crippen LogP contribution < -0.4 is 10.2 Å². The van der Waals surface area contributed by atoms with E-state index in [4.69, 9.17) is 0 Å². The van der Waals surface area contributed by atoms with Crippen molar-refractivity contribution in [1.82, 2.24) is 4.90 Å². The topological polar surface area (TPSA) is 35.6 Å². The summed E-state index contributed by atoms with van der Waals surface area (Å²) in [6.45, 7) is 5.23. The summed E-state index contributed by atoms with van der Waals surface area (Å²) < 4.78 is 0. The van der Waals surface area contributed by atoms with Gasteiger partial charge in [0, 0.05) is 49.7 Å². The molecule has 4 heteroatoms. The molecule has 0 atom stereocenters. The van der Waals surface area contributed by atoms with Gasteiger partial charge in [-0.1, -0.05) is 54.6 Å². The largest absolute Gasteiger partial charge is 0.369 e. The van der Waals surface area contributed by atoms with Gasteiger partial charge in [-0.3, -0.25) is 9.69 Å². The van der Waals surface area contributed by atoms with Crippen molar-refractivity contribution in [3.05, 3.63) is 96.1 Å². The van der Waals surface area contributed by atoms with Crippen molar-refractivity contribution in [3.63, 3.8) is 0 Å². The van der Waals surface area contributed by atoms with E-state index in [1.54, 1.807) is 0 Å². The molecule has 0 unspecified atom stereocenters. The average molecular weight is 386 g/mol. The average Bonchev–Trinajstić information content (AvgIpc) is 2.80. The third-order valence-corrected chi connectivity index (χ3v) is 5.49. The molecule has 1 aliphatic rings. The molecule has 29 heavy (non-hydrogen) atoms. The minimum absolute atomic E-state index is 0.0606. The molecule has 1 aliphatic heterocycles. The molecule has 0 radical (unpaired) electrons. The molecule has 148 valence electrons. The van der Waals surface area contributed by atoms with Crippen molar-refractivity contribution in [1.29, 1.82) is 0 Å². The summed E-state index contributed by atoms with van der Waals surface area (Å²) in [6, 6.07) is 28.1. The molecule has 1 N–H and O–H groups in total. The number of piperazine rings is 1. The number of nitrogens with one attached hydrogen (secondary N) is 1. The van der Waals surface area contributed by atoms with E-state index in [-0.39, 0.29) is 5.91 Å². The molecule has 0 saturated carbocycles. The van der Waals surface area contributed by atoms with Crippen LogP contribution >= 0.6 is 0 Å². The first kappa shape index (κ1) is 19.2. The van der Waals surface area contributed by atoms with Gasteiger partial charge < -0.3 is 10.2 Å². The Hall–Kier alpha value is -3.11. The van der Waals surface area contributed by atoms with Crippen molar-refractivity contribution in [2.24, 2.45) is 0 Å². The molecule has 3 aromatic carbocycles. The summed E-state index contributed by atoms with van der Waals surface area (Å²) >= 11 is 0. The van der Waals surface area contributed by atoms with Gasteiger partial charge in [-0.25, -0.2) is 0 Å². The van der Waals surface area contributed by atoms with Crippen LogP contribution in [0, 0.1) is 0 Å². The molecular weight excluding hydrogens is 358 g/mol. The zero-order chi connectivity index (χ0) is 19.9. The fraction of sp³-hybridized carbons (Fsp3) is 0.240. The van der Waals surface area contributed by atoms with Gasteiger partial charge in [-0.15, -0.1) is 0 Å². The van der Waals surface area contributed by atoms with E-state index in [2.05, 4.69) is 51.5 Å². The highest BCUT2D eigenvalue weighted by atomic mass is 16.1. The van der Waals surface area contributed by atoms with E-state index < -0.39 is 0 Å². The van der Waals surface area contributed by atoms with Gasteiger partial charge in [0.05, 0.1) is 0 Å². The molecule has 1 heterocycles. The van der Waals surface area contributed by atoms with E-state index >= 15 is 0 Å². The Morgan fingerprint density at radius 3 is 2.10 bits per heavy atom. The molecule has 4 rings (SSSR count). The Morgan fingerprint density at radius 2 is 1.38 bits per heavy atom. The maximum atomic E-state index is 12.5. The smallest absolute Gasteiger partial charge is 0.255 e. The number of rotatable bonds is 6. The van der Waals surface area contributed by atoms with E-state index in [9.17, 15) is 4.79 Å². The summed E-state index contributed by atoms with van der Waals surface area (Å²) in [7, 11) is 0. The molecule has 0 spiro atoms. The monoisotopic (exact) mass is 385 g/mol. The minimum Gasteiger partial charge on any atom is -0.369 e. The second kappa shape index (κ2) is 9.39. The van der Waals surface area contributed by atoms with Gasteiger partial charge >= 0.3 is 0 Å². The van der Waals surface area contributed by atoms with Crippen molar-refractivity contribution in [2.45, 2.75) is 6.42 Å². The van der Waals surface area contributed by atoms with E-state index in [1.165, 1.54) is 11.3 Å². The molecule has 4 nitrogen and oxygen atoms in total. The number of hydrogen-bond donors (Lipinski definition) is 1. The van der Waals surface area contributed by atoms with Crippen LogP contribution in [0.5, 0.6) is 0 Å². The number of para-hydroxylation sites is 2. The number of benzene rings is 3. The highest BCUT2D eigenvalue weighted by molar-refractivity contribution is 6.04. The third-order valence-electron chi connectivity index (χ3n) is 5.49. The van der Waals surface area contributed by atoms with Crippen molar-refractivity contribution < 1.29 is 4.79 Å². The number of hydrogen-bond acceptors (Lipinski definition) is 3. The van der Waals surface area contributed by atoms with E-state index in [0.717, 1.165) is 44.8 Å². The fourth-order valence-electron chi connectivity index (χ4n) is 3.79. The quantitative estimate of drug-likeness (QED) is 0.687. The summed E-state index contributed by atoms with van der Waals surface area (Å²) in [5.74, 6) is -0.0606. The lowest BCUT2D eigenvalue weighted by atomic mass is 10.1. The standard InChI is InChI=1S/C25H27N3O/c29-25(22-10-3-1-4-11-22)26-24-14-8-7-9-21(24)15-16-27-17-19-28(20-18-27)23-12-5-2-6-13-23/h1-14H,15-20H2,(H,26,29). The van der Waals surface area contributed by atoms with Crippen LogP contribution in [0.25, 0.3) is 0 Å². The second-order valence-electron chi connectivity index (χ2n) is 7.39. The van der Waals surface area contributed by atoms with Crippen LogP contribution in [0.4, 0.5) is 11.4 Å². The van der Waals surface area contributed by atoms with E-state index in [0.29, 0.717) is 5.56 Å². The Kier molecular flexibility index (Phi) is 6.22. The van der Waals surface area contributed by atoms with Crippen LogP contribution in [-0.2, 0) is 6.42 Å². The molecule has 0 bridgehead atoms. The van der Waals surface area contributed by atoms with Crippen molar-refractivity contribution in [2.75, 3.05) is 42.9 Å². The Bertz CT molecular complexity index is 919. The summed E-state index contributed by atoms with van der Waals surface area (Å²) in [5, 5.41) is 3.08. The first-order valence-electron chi connectivity index (χ1n) is 10.3. The van der Waals surface area contributed by atoms with Crippen molar-refractivity contribution in [3.8, 4) is 0 Å². The molecule has 1 fully saturated rings. The Labute approximate surface area is 172 Å². The van der Waals surface area contributed by atoms with Gasteiger partial charge in [0.15, 0.2) is 0 Å². The van der Waals surface area contributed by atoms with Crippen LogP contribution in [0.3, 0.4) is 0 Å². The Morgan fingerprint density at radius 1 is 0.759 bits per heavy atom. The number of carbonyl (C=O) groups is 1. The predicted octanol–water partition coefficient (Wildman–Crippen LogP) is 4.30. The number of carbonyl (C=O) groups excluding carboxylic acids is 1. The molecular formula is C25H27N3O. The van der Waals surface area contributed by atoms with E-state index in [1.807, 2.05) is 48.5 Å². The normalized spacial score (nSPS) is 14.6. The Balaban J connectivity index is 1.32.